The van der Waals surface area contributed by atoms with Crippen molar-refractivity contribution < 1.29 is 14.3 Å². The third-order valence-corrected chi connectivity index (χ3v) is 7.45. The van der Waals surface area contributed by atoms with E-state index in [1.807, 2.05) is 49.3 Å². The van der Waals surface area contributed by atoms with Crippen molar-refractivity contribution in [3.05, 3.63) is 101 Å². The molecule has 0 unspecified atom stereocenters. The predicted octanol–water partition coefficient (Wildman–Crippen LogP) is 5.23. The molecule has 0 fully saturated rings. The van der Waals surface area contributed by atoms with Crippen molar-refractivity contribution in [3.8, 4) is 11.5 Å². The summed E-state index contributed by atoms with van der Waals surface area (Å²) in [5, 5.41) is 1.24. The summed E-state index contributed by atoms with van der Waals surface area (Å²) in [7, 11) is 4.05. The van der Waals surface area contributed by atoms with Gasteiger partial charge < -0.3 is 24.3 Å². The minimum Gasteiger partial charge on any atom is -0.493 e. The standard InChI is InChI=1S/C32H33N3O3/c1-34(2)18-20-37-25-11-7-22(8-12-25)9-14-30(36)35-17-15-27-26-5-3-4-6-28(26)33-31(27)32(35)24-10-13-29-23(21-24)16-19-38-29/h3-14,21,32-33H,15-20H2,1-2H3/b14-9+/t32-/m0/s1. The molecule has 0 spiro atoms. The van der Waals surface area contributed by atoms with E-state index in [9.17, 15) is 4.79 Å². The number of para-hydroxylation sites is 1. The van der Waals surface area contributed by atoms with Crippen molar-refractivity contribution in [2.45, 2.75) is 18.9 Å². The summed E-state index contributed by atoms with van der Waals surface area (Å²) in [6.45, 7) is 2.88. The Morgan fingerprint density at radius 3 is 2.79 bits per heavy atom. The smallest absolute Gasteiger partial charge is 0.247 e. The second kappa shape index (κ2) is 10.4. The van der Waals surface area contributed by atoms with Crippen LogP contribution in [0.4, 0.5) is 0 Å². The number of aromatic nitrogens is 1. The zero-order valence-electron chi connectivity index (χ0n) is 21.9. The monoisotopic (exact) mass is 507 g/mol. The van der Waals surface area contributed by atoms with Crippen LogP contribution >= 0.6 is 0 Å². The maximum absolute atomic E-state index is 13.7. The van der Waals surface area contributed by atoms with Crippen molar-refractivity contribution in [2.75, 3.05) is 40.4 Å². The van der Waals surface area contributed by atoms with Crippen LogP contribution < -0.4 is 9.47 Å². The zero-order valence-corrected chi connectivity index (χ0v) is 21.9. The molecular weight excluding hydrogens is 474 g/mol. The van der Waals surface area contributed by atoms with E-state index in [0.29, 0.717) is 19.8 Å². The van der Waals surface area contributed by atoms with Gasteiger partial charge in [-0.15, -0.1) is 0 Å². The molecule has 1 amide bonds. The second-order valence-corrected chi connectivity index (χ2v) is 10.3. The Kier molecular flexibility index (Phi) is 6.64. The van der Waals surface area contributed by atoms with Crippen LogP contribution in [-0.4, -0.2) is 61.1 Å². The van der Waals surface area contributed by atoms with Crippen molar-refractivity contribution in [2.24, 2.45) is 0 Å². The highest BCUT2D eigenvalue weighted by Crippen LogP contribution is 2.40. The number of ether oxygens (including phenoxy) is 2. The van der Waals surface area contributed by atoms with E-state index >= 15 is 0 Å². The number of nitrogens with zero attached hydrogens (tertiary/aromatic N) is 2. The van der Waals surface area contributed by atoms with Crippen LogP contribution in [0.25, 0.3) is 17.0 Å². The maximum atomic E-state index is 13.7. The van der Waals surface area contributed by atoms with Gasteiger partial charge in [-0.25, -0.2) is 0 Å². The van der Waals surface area contributed by atoms with E-state index in [1.54, 1.807) is 6.08 Å². The van der Waals surface area contributed by atoms with Gasteiger partial charge in [0.2, 0.25) is 5.91 Å². The Bertz CT molecular complexity index is 1490. The number of rotatable bonds is 7. The number of amides is 1. The number of carbonyl (C=O) groups is 1. The van der Waals surface area contributed by atoms with Gasteiger partial charge in [-0.3, -0.25) is 4.79 Å². The molecule has 6 heteroatoms. The number of hydrogen-bond donors (Lipinski definition) is 1. The normalized spacial score (nSPS) is 16.6. The molecule has 194 valence electrons. The van der Waals surface area contributed by atoms with Gasteiger partial charge in [0, 0.05) is 42.2 Å². The molecule has 4 aromatic rings. The van der Waals surface area contributed by atoms with E-state index in [2.05, 4.69) is 52.3 Å². The minimum absolute atomic E-state index is 0.00219. The summed E-state index contributed by atoms with van der Waals surface area (Å²) in [5.74, 6) is 1.79. The summed E-state index contributed by atoms with van der Waals surface area (Å²) in [4.78, 5) is 21.4. The Hall–Kier alpha value is -4.03. The lowest BCUT2D eigenvalue weighted by Crippen LogP contribution is -2.39. The van der Waals surface area contributed by atoms with Crippen LogP contribution in [-0.2, 0) is 17.6 Å². The highest BCUT2D eigenvalue weighted by atomic mass is 16.5. The van der Waals surface area contributed by atoms with Crippen LogP contribution in [0.3, 0.4) is 0 Å². The first-order valence-electron chi connectivity index (χ1n) is 13.3. The summed E-state index contributed by atoms with van der Waals surface area (Å²) in [5.41, 5.74) is 6.82. The molecular formula is C32H33N3O3. The van der Waals surface area contributed by atoms with Gasteiger partial charge in [0.25, 0.3) is 0 Å². The average Bonchev–Trinajstić information content (AvgIpc) is 3.55. The molecule has 0 aliphatic carbocycles. The lowest BCUT2D eigenvalue weighted by atomic mass is 9.91. The highest BCUT2D eigenvalue weighted by molar-refractivity contribution is 5.93. The molecule has 0 saturated heterocycles. The van der Waals surface area contributed by atoms with Crippen molar-refractivity contribution in [3.63, 3.8) is 0 Å². The number of fused-ring (bicyclic) bond motifs is 4. The summed E-state index contributed by atoms with van der Waals surface area (Å²) >= 11 is 0. The fourth-order valence-corrected chi connectivity index (χ4v) is 5.49. The van der Waals surface area contributed by atoms with Gasteiger partial charge in [-0.1, -0.05) is 36.4 Å². The largest absolute Gasteiger partial charge is 0.493 e. The van der Waals surface area contributed by atoms with Crippen LogP contribution in [0, 0.1) is 0 Å². The van der Waals surface area contributed by atoms with Crippen LogP contribution in [0.1, 0.15) is 34.0 Å². The van der Waals surface area contributed by atoms with Crippen molar-refractivity contribution in [1.82, 2.24) is 14.8 Å². The number of benzene rings is 3. The Labute approximate surface area is 223 Å². The lowest BCUT2D eigenvalue weighted by molar-refractivity contribution is -0.128. The van der Waals surface area contributed by atoms with E-state index in [0.717, 1.165) is 53.2 Å². The zero-order chi connectivity index (χ0) is 26.1. The van der Waals surface area contributed by atoms with Crippen LogP contribution in [0.2, 0.25) is 0 Å². The van der Waals surface area contributed by atoms with E-state index < -0.39 is 0 Å². The van der Waals surface area contributed by atoms with Gasteiger partial charge >= 0.3 is 0 Å². The van der Waals surface area contributed by atoms with E-state index in [4.69, 9.17) is 9.47 Å². The molecule has 3 heterocycles. The minimum atomic E-state index is -0.179. The lowest BCUT2D eigenvalue weighted by Gasteiger charge is -2.36. The predicted molar refractivity (Wildman–Crippen MR) is 151 cm³/mol. The number of likely N-dealkylation sites (N-methyl/N-ethyl adjacent to an activating group) is 1. The van der Waals surface area contributed by atoms with Gasteiger partial charge in [0.15, 0.2) is 0 Å². The fourth-order valence-electron chi connectivity index (χ4n) is 5.49. The van der Waals surface area contributed by atoms with E-state index in [-0.39, 0.29) is 11.9 Å². The molecule has 2 aliphatic heterocycles. The average molecular weight is 508 g/mol. The summed E-state index contributed by atoms with van der Waals surface area (Å²) < 4.78 is 11.5. The maximum Gasteiger partial charge on any atom is 0.247 e. The molecule has 1 aromatic heterocycles. The van der Waals surface area contributed by atoms with Crippen LogP contribution in [0.15, 0.2) is 72.8 Å². The Morgan fingerprint density at radius 2 is 1.95 bits per heavy atom. The topological polar surface area (TPSA) is 57.8 Å². The molecule has 2 aliphatic rings. The number of carbonyl (C=O) groups excluding carboxylic acids is 1. The molecule has 1 atom stereocenters. The van der Waals surface area contributed by atoms with Crippen molar-refractivity contribution >= 4 is 22.9 Å². The number of hydrogen-bond acceptors (Lipinski definition) is 4. The number of nitrogens with one attached hydrogen (secondary N) is 1. The third kappa shape index (κ3) is 4.79. The molecule has 6 rings (SSSR count). The molecule has 0 bridgehead atoms. The Morgan fingerprint density at radius 1 is 1.11 bits per heavy atom. The highest BCUT2D eigenvalue weighted by Gasteiger charge is 2.34. The third-order valence-electron chi connectivity index (χ3n) is 7.45. The first-order chi connectivity index (χ1) is 18.6. The summed E-state index contributed by atoms with van der Waals surface area (Å²) in [6.07, 6.45) is 5.31. The molecule has 38 heavy (non-hydrogen) atoms. The van der Waals surface area contributed by atoms with E-state index in [1.165, 1.54) is 16.5 Å². The SMILES string of the molecule is CN(C)CCOc1ccc(/C=C/C(=O)N2CCc3c([nH]c4ccccc34)[C@@H]2c2ccc3c(c2)CCO3)cc1. The van der Waals surface area contributed by atoms with Gasteiger partial charge in [-0.2, -0.15) is 0 Å². The quantitative estimate of drug-likeness (QED) is 0.348. The molecule has 3 aromatic carbocycles. The number of aromatic amines is 1. The number of H-pyrrole nitrogens is 1. The molecule has 1 N–H and O–H groups in total. The Balaban J connectivity index is 1.27. The van der Waals surface area contributed by atoms with Crippen LogP contribution in [0.5, 0.6) is 11.5 Å². The van der Waals surface area contributed by atoms with Gasteiger partial charge in [0.05, 0.1) is 12.6 Å². The van der Waals surface area contributed by atoms with Crippen molar-refractivity contribution in [1.29, 1.82) is 0 Å². The van der Waals surface area contributed by atoms with Gasteiger partial charge in [0.1, 0.15) is 18.1 Å². The second-order valence-electron chi connectivity index (χ2n) is 10.3. The first kappa shape index (κ1) is 24.3. The molecule has 0 radical (unpaired) electrons. The fraction of sp³-hybridized carbons (Fsp3) is 0.281. The molecule has 6 nitrogen and oxygen atoms in total. The van der Waals surface area contributed by atoms with Gasteiger partial charge in [-0.05, 0) is 79.2 Å². The summed E-state index contributed by atoms with van der Waals surface area (Å²) in [6, 6.07) is 22.5. The molecule has 0 saturated carbocycles. The first-order valence-corrected chi connectivity index (χ1v) is 13.3.